The predicted octanol–water partition coefficient (Wildman–Crippen LogP) is -7.39. The van der Waals surface area contributed by atoms with Gasteiger partial charge >= 0.3 is 0 Å². The Morgan fingerprint density at radius 2 is 1.13 bits per heavy atom. The lowest BCUT2D eigenvalue weighted by Gasteiger charge is -2.47. The molecule has 19 nitrogen and oxygen atoms in total. The molecule has 3 heterocycles. The molecule has 0 aromatic heterocycles. The lowest BCUT2D eigenvalue weighted by Crippen LogP contribution is -2.68. The summed E-state index contributed by atoms with van der Waals surface area (Å²) in [4.78, 5) is 0. The SMILES string of the molecule is CCC1OC(OC2C(COCCO)OC(OC3C(O)C(N)CC(N)C3OC3OC(CO)C(O)C(O)C3N)C2O)C(N)C(O)C1O. The molecule has 19 atom stereocenters. The maximum Gasteiger partial charge on any atom is 0.187 e. The first-order chi connectivity index (χ1) is 21.3. The van der Waals surface area contributed by atoms with Crippen LogP contribution in [0.3, 0.4) is 0 Å². The summed E-state index contributed by atoms with van der Waals surface area (Å²) < 4.78 is 40.7. The van der Waals surface area contributed by atoms with Crippen LogP contribution < -0.4 is 22.9 Å². The van der Waals surface area contributed by atoms with Crippen molar-refractivity contribution in [1.82, 2.24) is 0 Å². The van der Waals surface area contributed by atoms with Gasteiger partial charge in [0.25, 0.3) is 0 Å². The van der Waals surface area contributed by atoms with Crippen LogP contribution in [-0.4, -0.2) is 184 Å². The maximum absolute atomic E-state index is 11.4. The van der Waals surface area contributed by atoms with E-state index in [0.717, 1.165) is 0 Å². The van der Waals surface area contributed by atoms with Crippen LogP contribution in [0.4, 0.5) is 0 Å². The molecule has 19 unspecified atom stereocenters. The summed E-state index contributed by atoms with van der Waals surface area (Å²) in [6.07, 6.45) is -19.3. The van der Waals surface area contributed by atoms with E-state index >= 15 is 0 Å². The summed E-state index contributed by atoms with van der Waals surface area (Å²) in [6.45, 7) is 0.540. The normalized spacial score (nSPS) is 51.0. The summed E-state index contributed by atoms with van der Waals surface area (Å²) >= 11 is 0. The largest absolute Gasteiger partial charge is 0.394 e. The van der Waals surface area contributed by atoms with E-state index in [2.05, 4.69) is 0 Å². The average molecular weight is 659 g/mol. The molecule has 4 rings (SSSR count). The molecule has 3 saturated heterocycles. The number of nitrogens with two attached hydrogens (primary N) is 4. The van der Waals surface area contributed by atoms with Crippen molar-refractivity contribution >= 4 is 0 Å². The molecule has 0 amide bonds. The Kier molecular flexibility index (Phi) is 13.3. The zero-order chi connectivity index (χ0) is 33.2. The van der Waals surface area contributed by atoms with E-state index in [1.54, 1.807) is 6.92 Å². The molecule has 1 saturated carbocycles. The van der Waals surface area contributed by atoms with Gasteiger partial charge in [0.2, 0.25) is 0 Å². The van der Waals surface area contributed by atoms with Gasteiger partial charge in [-0.25, -0.2) is 0 Å². The highest BCUT2D eigenvalue weighted by Gasteiger charge is 2.54. The molecule has 16 N–H and O–H groups in total. The molecule has 1 aliphatic carbocycles. The zero-order valence-corrected chi connectivity index (χ0v) is 25.0. The molecule has 45 heavy (non-hydrogen) atoms. The van der Waals surface area contributed by atoms with Gasteiger partial charge in [-0.15, -0.1) is 0 Å². The Bertz CT molecular complexity index is 912. The van der Waals surface area contributed by atoms with Crippen LogP contribution in [-0.2, 0) is 33.2 Å². The average Bonchev–Trinajstić information content (AvgIpc) is 3.30. The van der Waals surface area contributed by atoms with Crippen molar-refractivity contribution in [3.63, 3.8) is 0 Å². The monoisotopic (exact) mass is 658 g/mol. The third-order valence-electron chi connectivity index (χ3n) is 8.83. The number of rotatable bonds is 12. The fourth-order valence-electron chi connectivity index (χ4n) is 6.09. The number of hydrogen-bond donors (Lipinski definition) is 12. The summed E-state index contributed by atoms with van der Waals surface area (Å²) in [6, 6.07) is -4.23. The molecule has 0 aromatic rings. The molecule has 0 spiro atoms. The van der Waals surface area contributed by atoms with Crippen molar-refractivity contribution in [3.8, 4) is 0 Å². The molecule has 4 fully saturated rings. The van der Waals surface area contributed by atoms with Gasteiger partial charge in [0.1, 0.15) is 61.0 Å². The van der Waals surface area contributed by atoms with Crippen LogP contribution in [0, 0.1) is 0 Å². The maximum atomic E-state index is 11.4. The molecule has 19 heteroatoms. The van der Waals surface area contributed by atoms with Crippen LogP contribution >= 0.6 is 0 Å². The van der Waals surface area contributed by atoms with Crippen molar-refractivity contribution in [1.29, 1.82) is 0 Å². The molecule has 0 radical (unpaired) electrons. The second-order valence-corrected chi connectivity index (χ2v) is 12.0. The van der Waals surface area contributed by atoms with Gasteiger partial charge in [-0.1, -0.05) is 6.92 Å². The highest BCUT2D eigenvalue weighted by atomic mass is 16.8. The summed E-state index contributed by atoms with van der Waals surface area (Å²) in [7, 11) is 0. The van der Waals surface area contributed by atoms with Gasteiger partial charge in [0.15, 0.2) is 18.9 Å². The molecule has 4 aliphatic rings. The van der Waals surface area contributed by atoms with Crippen molar-refractivity contribution < 1.29 is 74.0 Å². The van der Waals surface area contributed by atoms with Crippen molar-refractivity contribution in [2.45, 2.75) is 136 Å². The van der Waals surface area contributed by atoms with E-state index in [-0.39, 0.29) is 26.2 Å². The minimum absolute atomic E-state index is 0.0611. The molecule has 264 valence electrons. The second-order valence-electron chi connectivity index (χ2n) is 12.0. The first-order valence-corrected chi connectivity index (χ1v) is 15.2. The van der Waals surface area contributed by atoms with Gasteiger partial charge < -0.3 is 96.9 Å². The Morgan fingerprint density at radius 1 is 0.600 bits per heavy atom. The molecular formula is C26H50N4O15. The van der Waals surface area contributed by atoms with E-state index in [4.69, 9.17) is 61.2 Å². The molecule has 3 aliphatic heterocycles. The number of aliphatic hydroxyl groups is 8. The minimum Gasteiger partial charge on any atom is -0.394 e. The Labute approximate surface area is 259 Å². The Balaban J connectivity index is 1.53. The van der Waals surface area contributed by atoms with Crippen LogP contribution in [0.15, 0.2) is 0 Å². The van der Waals surface area contributed by atoms with Crippen LogP contribution in [0.25, 0.3) is 0 Å². The fourth-order valence-corrected chi connectivity index (χ4v) is 6.09. The number of aliphatic hydroxyl groups excluding tert-OH is 8. The predicted molar refractivity (Wildman–Crippen MR) is 148 cm³/mol. The summed E-state index contributed by atoms with van der Waals surface area (Å²) in [5.41, 5.74) is 24.6. The molecule has 0 bridgehead atoms. The topological polar surface area (TPSA) is 331 Å². The highest BCUT2D eigenvalue weighted by molar-refractivity contribution is 5.02. The standard InChI is InChI=1S/C26H50N4O15/c1-2-10-16(34)18(36)13(29)24(40-10)44-22-12(7-39-4-3-31)42-26(20(22)38)45-23-15(33)8(27)5-9(28)21(23)43-25-14(30)19(37)17(35)11(6-32)41-25/h8-26,31-38H,2-7,27-30H2,1H3. The Morgan fingerprint density at radius 3 is 1.71 bits per heavy atom. The van der Waals surface area contributed by atoms with Gasteiger partial charge in [-0.2, -0.15) is 0 Å². The first-order valence-electron chi connectivity index (χ1n) is 15.2. The van der Waals surface area contributed by atoms with E-state index in [0.29, 0.717) is 6.42 Å². The lowest BCUT2D eigenvalue weighted by atomic mass is 9.84. The minimum atomic E-state index is -1.57. The molecule has 0 aromatic carbocycles. The third-order valence-corrected chi connectivity index (χ3v) is 8.83. The first kappa shape index (κ1) is 37.1. The Hall–Kier alpha value is -0.760. The fraction of sp³-hybridized carbons (Fsp3) is 1.00. The van der Waals surface area contributed by atoms with E-state index in [1.165, 1.54) is 0 Å². The number of ether oxygens (including phenoxy) is 7. The number of hydrogen-bond acceptors (Lipinski definition) is 19. The van der Waals surface area contributed by atoms with Crippen molar-refractivity contribution in [2.24, 2.45) is 22.9 Å². The highest BCUT2D eigenvalue weighted by Crippen LogP contribution is 2.34. The van der Waals surface area contributed by atoms with Gasteiger partial charge in [0.05, 0.1) is 50.7 Å². The summed E-state index contributed by atoms with van der Waals surface area (Å²) in [5, 5.41) is 82.5. The zero-order valence-electron chi connectivity index (χ0n) is 25.0. The van der Waals surface area contributed by atoms with Crippen LogP contribution in [0.2, 0.25) is 0 Å². The van der Waals surface area contributed by atoms with E-state index in [1.807, 2.05) is 0 Å². The van der Waals surface area contributed by atoms with E-state index in [9.17, 15) is 35.7 Å². The smallest absolute Gasteiger partial charge is 0.187 e. The van der Waals surface area contributed by atoms with Gasteiger partial charge in [0, 0.05) is 12.1 Å². The summed E-state index contributed by atoms with van der Waals surface area (Å²) in [5.74, 6) is 0. The quantitative estimate of drug-likeness (QED) is 0.0866. The van der Waals surface area contributed by atoms with Crippen LogP contribution in [0.1, 0.15) is 19.8 Å². The van der Waals surface area contributed by atoms with Crippen molar-refractivity contribution in [3.05, 3.63) is 0 Å². The second kappa shape index (κ2) is 16.1. The van der Waals surface area contributed by atoms with Crippen LogP contribution in [0.5, 0.6) is 0 Å². The third kappa shape index (κ3) is 7.94. The molecular weight excluding hydrogens is 608 g/mol. The van der Waals surface area contributed by atoms with Crippen molar-refractivity contribution in [2.75, 3.05) is 26.4 Å². The van der Waals surface area contributed by atoms with Gasteiger partial charge in [-0.3, -0.25) is 0 Å². The lowest BCUT2D eigenvalue weighted by molar-refractivity contribution is -0.310. The van der Waals surface area contributed by atoms with E-state index < -0.39 is 123 Å². The van der Waals surface area contributed by atoms with Gasteiger partial charge in [-0.05, 0) is 12.8 Å².